The fourth-order valence-electron chi connectivity index (χ4n) is 4.12. The summed E-state index contributed by atoms with van der Waals surface area (Å²) in [6.07, 6.45) is 5.65. The van der Waals surface area contributed by atoms with Gasteiger partial charge >= 0.3 is 0 Å². The van der Waals surface area contributed by atoms with Crippen LogP contribution in [0.15, 0.2) is 91.1 Å². The molecule has 1 saturated carbocycles. The molecule has 5 aromatic rings. The van der Waals surface area contributed by atoms with Crippen LogP contribution in [0.3, 0.4) is 0 Å². The minimum atomic E-state index is 0.607. The summed E-state index contributed by atoms with van der Waals surface area (Å²) in [5.41, 5.74) is 5.80. The molecule has 0 amide bonds. The molecule has 156 valence electrons. The Kier molecular flexibility index (Phi) is 4.65. The zero-order valence-electron chi connectivity index (χ0n) is 17.6. The van der Waals surface area contributed by atoms with Crippen LogP contribution in [0.4, 0.5) is 5.69 Å². The first kappa shape index (κ1) is 18.8. The predicted octanol–water partition coefficient (Wildman–Crippen LogP) is 6.11. The van der Waals surface area contributed by atoms with Crippen LogP contribution in [-0.4, -0.2) is 25.6 Å². The van der Waals surface area contributed by atoms with Crippen LogP contribution in [0.5, 0.6) is 0 Å². The summed E-state index contributed by atoms with van der Waals surface area (Å²) in [5.74, 6) is 1.56. The van der Waals surface area contributed by atoms with E-state index in [-0.39, 0.29) is 0 Å². The molecule has 0 spiro atoms. The van der Waals surface area contributed by atoms with Crippen LogP contribution in [0.1, 0.15) is 19.3 Å². The summed E-state index contributed by atoms with van der Waals surface area (Å²) < 4.78 is 2.13. The molecule has 2 heterocycles. The summed E-state index contributed by atoms with van der Waals surface area (Å²) in [5, 5.41) is 3.61. The van der Waals surface area contributed by atoms with E-state index in [1.165, 1.54) is 19.3 Å². The van der Waals surface area contributed by atoms with Crippen molar-refractivity contribution in [3.63, 3.8) is 0 Å². The second-order valence-corrected chi connectivity index (χ2v) is 8.22. The van der Waals surface area contributed by atoms with Crippen molar-refractivity contribution >= 4 is 16.9 Å². The average molecular weight is 418 g/mol. The third kappa shape index (κ3) is 3.42. The summed E-state index contributed by atoms with van der Waals surface area (Å²) in [6, 6.07) is 29.5. The topological polar surface area (TPSA) is 55.6 Å². The Hall–Kier alpha value is -3.99. The highest BCUT2D eigenvalue weighted by molar-refractivity contribution is 5.81. The first-order valence-corrected chi connectivity index (χ1v) is 11.1. The number of hydrogen-bond acceptors (Lipinski definition) is 4. The molecule has 1 aliphatic carbocycles. The summed E-state index contributed by atoms with van der Waals surface area (Å²) in [4.78, 5) is 14.4. The number of nitrogens with one attached hydrogen (secondary N) is 1. The molecule has 0 unspecified atom stereocenters. The molecule has 0 atom stereocenters. The minimum absolute atomic E-state index is 0.607. The summed E-state index contributed by atoms with van der Waals surface area (Å²) in [6.45, 7) is 0. The Labute approximate surface area is 186 Å². The van der Waals surface area contributed by atoms with Crippen molar-refractivity contribution in [3.8, 4) is 28.5 Å². The minimum Gasteiger partial charge on any atom is -0.382 e. The van der Waals surface area contributed by atoms with Gasteiger partial charge in [-0.15, -0.1) is 0 Å². The van der Waals surface area contributed by atoms with Gasteiger partial charge in [-0.1, -0.05) is 60.7 Å². The van der Waals surface area contributed by atoms with Gasteiger partial charge in [0.1, 0.15) is 11.3 Å². The Morgan fingerprint density at radius 3 is 2.09 bits per heavy atom. The lowest BCUT2D eigenvalue weighted by molar-refractivity contribution is 0.445. The standard InChI is InChI=1S/C27H23N5/c1-3-8-19(9-4-1)25-28-18-24-27(31-25)32(26(30-24)20-10-5-2-6-11-20)23-16-14-22(15-17-23)29-21-12-7-13-21/h1-6,8-11,14-18,21,29H,7,12-13H2. The lowest BCUT2D eigenvalue weighted by Crippen LogP contribution is -2.26. The van der Waals surface area contributed by atoms with Gasteiger partial charge in [0.2, 0.25) is 0 Å². The molecular formula is C27H23N5. The van der Waals surface area contributed by atoms with Gasteiger partial charge in [-0.05, 0) is 43.5 Å². The van der Waals surface area contributed by atoms with Crippen LogP contribution in [0.25, 0.3) is 39.6 Å². The molecule has 2 aromatic heterocycles. The van der Waals surface area contributed by atoms with E-state index in [4.69, 9.17) is 9.97 Å². The number of benzene rings is 3. The van der Waals surface area contributed by atoms with E-state index < -0.39 is 0 Å². The number of rotatable bonds is 5. The van der Waals surface area contributed by atoms with Crippen LogP contribution in [-0.2, 0) is 0 Å². The quantitative estimate of drug-likeness (QED) is 0.375. The number of hydrogen-bond donors (Lipinski definition) is 1. The molecule has 5 nitrogen and oxygen atoms in total. The van der Waals surface area contributed by atoms with Gasteiger partial charge in [-0.25, -0.2) is 15.0 Å². The second kappa shape index (κ2) is 7.93. The van der Waals surface area contributed by atoms with Gasteiger partial charge in [0, 0.05) is 28.5 Å². The smallest absolute Gasteiger partial charge is 0.169 e. The van der Waals surface area contributed by atoms with E-state index in [1.54, 1.807) is 0 Å². The lowest BCUT2D eigenvalue weighted by atomic mass is 9.93. The third-order valence-corrected chi connectivity index (χ3v) is 6.07. The van der Waals surface area contributed by atoms with Gasteiger partial charge in [-0.3, -0.25) is 4.57 Å². The molecule has 0 saturated heterocycles. The van der Waals surface area contributed by atoms with Crippen molar-refractivity contribution in [2.75, 3.05) is 5.32 Å². The summed E-state index contributed by atoms with van der Waals surface area (Å²) >= 11 is 0. The zero-order chi connectivity index (χ0) is 21.3. The van der Waals surface area contributed by atoms with E-state index in [1.807, 2.05) is 54.7 Å². The molecular weight excluding hydrogens is 394 g/mol. The Morgan fingerprint density at radius 2 is 1.44 bits per heavy atom. The average Bonchev–Trinajstić information content (AvgIpc) is 3.22. The molecule has 1 aliphatic rings. The molecule has 0 bridgehead atoms. The molecule has 6 rings (SSSR count). The van der Waals surface area contributed by atoms with Gasteiger partial charge in [-0.2, -0.15) is 0 Å². The second-order valence-electron chi connectivity index (χ2n) is 8.22. The normalized spacial score (nSPS) is 13.8. The first-order valence-electron chi connectivity index (χ1n) is 11.1. The maximum Gasteiger partial charge on any atom is 0.169 e. The molecule has 0 radical (unpaired) electrons. The Balaban J connectivity index is 1.50. The zero-order valence-corrected chi connectivity index (χ0v) is 17.6. The van der Waals surface area contributed by atoms with Crippen molar-refractivity contribution in [1.29, 1.82) is 0 Å². The molecule has 0 aliphatic heterocycles. The number of imidazole rings is 1. The predicted molar refractivity (Wildman–Crippen MR) is 129 cm³/mol. The molecule has 5 heteroatoms. The van der Waals surface area contributed by atoms with E-state index in [0.717, 1.165) is 39.5 Å². The highest BCUT2D eigenvalue weighted by atomic mass is 15.2. The first-order chi connectivity index (χ1) is 15.8. The number of fused-ring (bicyclic) bond motifs is 1. The maximum absolute atomic E-state index is 4.93. The van der Waals surface area contributed by atoms with E-state index in [9.17, 15) is 0 Å². The van der Waals surface area contributed by atoms with Crippen molar-refractivity contribution in [2.24, 2.45) is 0 Å². The largest absolute Gasteiger partial charge is 0.382 e. The van der Waals surface area contributed by atoms with Gasteiger partial charge in [0.15, 0.2) is 11.5 Å². The summed E-state index contributed by atoms with van der Waals surface area (Å²) in [7, 11) is 0. The van der Waals surface area contributed by atoms with Crippen LogP contribution in [0, 0.1) is 0 Å². The van der Waals surface area contributed by atoms with Crippen LogP contribution < -0.4 is 5.32 Å². The fraction of sp³-hybridized carbons (Fsp3) is 0.148. The van der Waals surface area contributed by atoms with E-state index in [0.29, 0.717) is 11.9 Å². The number of aromatic nitrogens is 4. The van der Waals surface area contributed by atoms with E-state index >= 15 is 0 Å². The highest BCUT2D eigenvalue weighted by Crippen LogP contribution is 2.30. The maximum atomic E-state index is 4.93. The number of anilines is 1. The van der Waals surface area contributed by atoms with Crippen LogP contribution >= 0.6 is 0 Å². The van der Waals surface area contributed by atoms with Crippen LogP contribution in [0.2, 0.25) is 0 Å². The van der Waals surface area contributed by atoms with Crippen molar-refractivity contribution < 1.29 is 0 Å². The monoisotopic (exact) mass is 417 g/mol. The van der Waals surface area contributed by atoms with Crippen molar-refractivity contribution in [3.05, 3.63) is 91.1 Å². The Morgan fingerprint density at radius 1 is 0.750 bits per heavy atom. The van der Waals surface area contributed by atoms with Crippen molar-refractivity contribution in [2.45, 2.75) is 25.3 Å². The highest BCUT2D eigenvalue weighted by Gasteiger charge is 2.19. The van der Waals surface area contributed by atoms with E-state index in [2.05, 4.69) is 51.3 Å². The van der Waals surface area contributed by atoms with Gasteiger partial charge in [0.25, 0.3) is 0 Å². The number of nitrogens with zero attached hydrogens (tertiary/aromatic N) is 4. The van der Waals surface area contributed by atoms with Crippen molar-refractivity contribution in [1.82, 2.24) is 19.5 Å². The molecule has 1 fully saturated rings. The van der Waals surface area contributed by atoms with Gasteiger partial charge < -0.3 is 5.32 Å². The lowest BCUT2D eigenvalue weighted by Gasteiger charge is -2.27. The fourth-order valence-corrected chi connectivity index (χ4v) is 4.12. The molecule has 32 heavy (non-hydrogen) atoms. The SMILES string of the molecule is c1ccc(-c2ncc3nc(-c4ccccc4)n(-c4ccc(NC5CCC5)cc4)c3n2)cc1. The molecule has 1 N–H and O–H groups in total. The van der Waals surface area contributed by atoms with Gasteiger partial charge in [0.05, 0.1) is 6.20 Å². The molecule has 3 aromatic carbocycles. The third-order valence-electron chi connectivity index (χ3n) is 6.07. The Bertz CT molecular complexity index is 1350.